The lowest BCUT2D eigenvalue weighted by Gasteiger charge is -2.16. The van der Waals surface area contributed by atoms with E-state index in [1.54, 1.807) is 12.1 Å². The summed E-state index contributed by atoms with van der Waals surface area (Å²) in [4.78, 5) is 21.2. The average Bonchev–Trinajstić information content (AvgIpc) is 2.81. The van der Waals surface area contributed by atoms with E-state index >= 15 is 0 Å². The van der Waals surface area contributed by atoms with Crippen LogP contribution in [-0.4, -0.2) is 15.9 Å². The third-order valence-electron chi connectivity index (χ3n) is 5.85. The van der Waals surface area contributed by atoms with E-state index in [2.05, 4.69) is 29.9 Å². The number of carbonyl (C=O) groups is 1. The van der Waals surface area contributed by atoms with Crippen molar-refractivity contribution in [3.05, 3.63) is 42.2 Å². The lowest BCUT2D eigenvalue weighted by atomic mass is 9.89. The van der Waals surface area contributed by atoms with Gasteiger partial charge in [0.25, 0.3) is 0 Å². The number of carbonyl (C=O) groups excluding carboxylic acids is 1. The summed E-state index contributed by atoms with van der Waals surface area (Å²) in [6.45, 7) is 6.33. The third kappa shape index (κ3) is 8.78. The van der Waals surface area contributed by atoms with Crippen molar-refractivity contribution in [3.8, 4) is 23.2 Å². The number of esters is 1. The molecule has 0 spiro atoms. The molecule has 0 aliphatic carbocycles. The van der Waals surface area contributed by atoms with Crippen molar-refractivity contribution in [2.45, 2.75) is 85.0 Å². The summed E-state index contributed by atoms with van der Waals surface area (Å²) in [5, 5.41) is 9.34. The summed E-state index contributed by atoms with van der Waals surface area (Å²) >= 11 is 0. The standard InChI is InChI=1S/C27H37N3O2/c1-4-6-7-8-9-10-12-22-19-29-27(30-20-22)23-13-15-25(16-14-23)32-26(31)17-24(18-28)21(3)11-5-2/h13-16,19-21,24H,4-12,17H2,1-3H3. The molecular weight excluding hydrogens is 398 g/mol. The predicted octanol–water partition coefficient (Wildman–Crippen LogP) is 6.92. The van der Waals surface area contributed by atoms with Crippen molar-refractivity contribution >= 4 is 5.97 Å². The first-order valence-corrected chi connectivity index (χ1v) is 12.1. The van der Waals surface area contributed by atoms with E-state index < -0.39 is 0 Å². The Balaban J connectivity index is 1.84. The van der Waals surface area contributed by atoms with Gasteiger partial charge in [0.15, 0.2) is 5.82 Å². The van der Waals surface area contributed by atoms with Gasteiger partial charge in [-0.05, 0) is 55.0 Å². The van der Waals surface area contributed by atoms with Gasteiger partial charge < -0.3 is 4.74 Å². The molecule has 2 aromatic rings. The average molecular weight is 436 g/mol. The summed E-state index contributed by atoms with van der Waals surface area (Å²) in [6.07, 6.45) is 14.5. The van der Waals surface area contributed by atoms with E-state index in [9.17, 15) is 10.1 Å². The van der Waals surface area contributed by atoms with Gasteiger partial charge in [-0.3, -0.25) is 4.79 Å². The SMILES string of the molecule is CCCCCCCCc1cnc(-c2ccc(OC(=O)CC(C#N)C(C)CCC)cc2)nc1. The van der Waals surface area contributed by atoms with E-state index in [0.29, 0.717) is 11.6 Å². The van der Waals surface area contributed by atoms with Gasteiger partial charge in [0, 0.05) is 18.0 Å². The van der Waals surface area contributed by atoms with Crippen LogP contribution in [0.3, 0.4) is 0 Å². The van der Waals surface area contributed by atoms with Crippen molar-refractivity contribution < 1.29 is 9.53 Å². The summed E-state index contributed by atoms with van der Waals surface area (Å²) in [5.74, 6) is 0.624. The number of aromatic nitrogens is 2. The largest absolute Gasteiger partial charge is 0.426 e. The second kappa shape index (κ2) is 14.3. The highest BCUT2D eigenvalue weighted by molar-refractivity contribution is 5.73. The van der Waals surface area contributed by atoms with E-state index in [1.807, 2.05) is 31.5 Å². The molecule has 0 saturated carbocycles. The van der Waals surface area contributed by atoms with Crippen LogP contribution in [0, 0.1) is 23.2 Å². The fraction of sp³-hybridized carbons (Fsp3) is 0.556. The number of hydrogen-bond donors (Lipinski definition) is 0. The van der Waals surface area contributed by atoms with Gasteiger partial charge in [0.1, 0.15) is 5.75 Å². The number of nitrogens with zero attached hydrogens (tertiary/aromatic N) is 3. The molecule has 0 bridgehead atoms. The fourth-order valence-corrected chi connectivity index (χ4v) is 3.80. The molecule has 0 N–H and O–H groups in total. The smallest absolute Gasteiger partial charge is 0.312 e. The Morgan fingerprint density at radius 3 is 2.28 bits per heavy atom. The molecule has 5 heteroatoms. The molecule has 1 aromatic carbocycles. The van der Waals surface area contributed by atoms with Crippen molar-refractivity contribution in [1.82, 2.24) is 9.97 Å². The van der Waals surface area contributed by atoms with Crippen LogP contribution in [0.15, 0.2) is 36.7 Å². The summed E-state index contributed by atoms with van der Waals surface area (Å²) in [5.41, 5.74) is 2.04. The van der Waals surface area contributed by atoms with Gasteiger partial charge >= 0.3 is 5.97 Å². The molecule has 0 amide bonds. The minimum Gasteiger partial charge on any atom is -0.426 e. The molecule has 2 atom stereocenters. The monoisotopic (exact) mass is 435 g/mol. The van der Waals surface area contributed by atoms with Gasteiger partial charge in [-0.1, -0.05) is 59.3 Å². The van der Waals surface area contributed by atoms with Gasteiger partial charge in [-0.2, -0.15) is 5.26 Å². The van der Waals surface area contributed by atoms with Crippen molar-refractivity contribution in [2.24, 2.45) is 11.8 Å². The molecule has 32 heavy (non-hydrogen) atoms. The summed E-state index contributed by atoms with van der Waals surface area (Å²) < 4.78 is 5.43. The lowest BCUT2D eigenvalue weighted by Crippen LogP contribution is -2.18. The molecule has 0 saturated heterocycles. The maximum Gasteiger partial charge on any atom is 0.312 e. The maximum absolute atomic E-state index is 12.2. The molecule has 2 unspecified atom stereocenters. The first-order chi connectivity index (χ1) is 15.6. The van der Waals surface area contributed by atoms with Gasteiger partial charge in [0.05, 0.1) is 18.4 Å². The molecule has 1 aromatic heterocycles. The number of aryl methyl sites for hydroxylation is 1. The van der Waals surface area contributed by atoms with E-state index in [1.165, 1.54) is 44.1 Å². The zero-order valence-corrected chi connectivity index (χ0v) is 19.8. The Hall–Kier alpha value is -2.74. The van der Waals surface area contributed by atoms with Crippen LogP contribution in [0.4, 0.5) is 0 Å². The first kappa shape index (κ1) is 25.5. The van der Waals surface area contributed by atoms with Crippen molar-refractivity contribution in [3.63, 3.8) is 0 Å². The molecule has 0 aliphatic rings. The highest BCUT2D eigenvalue weighted by Gasteiger charge is 2.21. The molecule has 5 nitrogen and oxygen atoms in total. The topological polar surface area (TPSA) is 75.9 Å². The number of unbranched alkanes of at least 4 members (excludes halogenated alkanes) is 5. The van der Waals surface area contributed by atoms with Crippen LogP contribution in [-0.2, 0) is 11.2 Å². The fourth-order valence-electron chi connectivity index (χ4n) is 3.80. The Kier molecular flexibility index (Phi) is 11.4. The molecule has 0 aliphatic heterocycles. The molecule has 2 rings (SSSR count). The number of rotatable bonds is 14. The Labute approximate surface area is 193 Å². The quantitative estimate of drug-likeness (QED) is 0.183. The maximum atomic E-state index is 12.2. The van der Waals surface area contributed by atoms with Crippen LogP contribution in [0.1, 0.15) is 84.1 Å². The third-order valence-corrected chi connectivity index (χ3v) is 5.85. The molecule has 1 heterocycles. The normalized spacial score (nSPS) is 12.7. The molecule has 0 radical (unpaired) electrons. The van der Waals surface area contributed by atoms with Gasteiger partial charge in [0.2, 0.25) is 0 Å². The Morgan fingerprint density at radius 1 is 1.00 bits per heavy atom. The van der Waals surface area contributed by atoms with Crippen LogP contribution < -0.4 is 4.74 Å². The minimum absolute atomic E-state index is 0.114. The van der Waals surface area contributed by atoms with Crippen LogP contribution >= 0.6 is 0 Å². The van der Waals surface area contributed by atoms with E-state index in [0.717, 1.165) is 24.8 Å². The second-order valence-electron chi connectivity index (χ2n) is 8.64. The number of ether oxygens (including phenoxy) is 1. The van der Waals surface area contributed by atoms with Crippen LogP contribution in [0.5, 0.6) is 5.75 Å². The lowest BCUT2D eigenvalue weighted by molar-refractivity contribution is -0.135. The minimum atomic E-state index is -0.373. The summed E-state index contributed by atoms with van der Waals surface area (Å²) in [6, 6.07) is 9.45. The predicted molar refractivity (Wildman–Crippen MR) is 128 cm³/mol. The number of nitriles is 1. The van der Waals surface area contributed by atoms with Gasteiger partial charge in [-0.15, -0.1) is 0 Å². The summed E-state index contributed by atoms with van der Waals surface area (Å²) in [7, 11) is 0. The molecule has 172 valence electrons. The zero-order chi connectivity index (χ0) is 23.2. The Bertz CT molecular complexity index is 841. The van der Waals surface area contributed by atoms with Crippen molar-refractivity contribution in [1.29, 1.82) is 5.26 Å². The number of hydrogen-bond acceptors (Lipinski definition) is 5. The first-order valence-electron chi connectivity index (χ1n) is 12.1. The number of benzene rings is 1. The highest BCUT2D eigenvalue weighted by atomic mass is 16.5. The van der Waals surface area contributed by atoms with E-state index in [-0.39, 0.29) is 24.2 Å². The Morgan fingerprint density at radius 2 is 1.66 bits per heavy atom. The van der Waals surface area contributed by atoms with Crippen molar-refractivity contribution in [2.75, 3.05) is 0 Å². The zero-order valence-electron chi connectivity index (χ0n) is 19.8. The van der Waals surface area contributed by atoms with Crippen LogP contribution in [0.25, 0.3) is 11.4 Å². The van der Waals surface area contributed by atoms with E-state index in [4.69, 9.17) is 4.74 Å². The second-order valence-corrected chi connectivity index (χ2v) is 8.64. The van der Waals surface area contributed by atoms with Gasteiger partial charge in [-0.25, -0.2) is 9.97 Å². The van der Waals surface area contributed by atoms with Crippen LogP contribution in [0.2, 0.25) is 0 Å². The molecule has 0 fully saturated rings. The molecular formula is C27H37N3O2. The highest BCUT2D eigenvalue weighted by Crippen LogP contribution is 2.23.